The van der Waals surface area contributed by atoms with E-state index in [0.717, 1.165) is 6.42 Å². The van der Waals surface area contributed by atoms with Gasteiger partial charge in [0.2, 0.25) is 0 Å². The van der Waals surface area contributed by atoms with E-state index in [0.29, 0.717) is 6.61 Å². The second-order valence-electron chi connectivity index (χ2n) is 3.48. The van der Waals surface area contributed by atoms with Gasteiger partial charge in [-0.2, -0.15) is 0 Å². The van der Waals surface area contributed by atoms with Crippen molar-refractivity contribution >= 4 is 6.03 Å². The molecule has 3 N–H and O–H groups in total. The van der Waals surface area contributed by atoms with Crippen LogP contribution in [0.25, 0.3) is 0 Å². The van der Waals surface area contributed by atoms with Gasteiger partial charge in [-0.3, -0.25) is 0 Å². The van der Waals surface area contributed by atoms with E-state index in [-0.39, 0.29) is 11.6 Å². The molecule has 0 aromatic carbocycles. The molecule has 2 amide bonds. The van der Waals surface area contributed by atoms with Crippen molar-refractivity contribution in [3.05, 3.63) is 0 Å². The molecule has 0 aromatic rings. The van der Waals surface area contributed by atoms with Crippen molar-refractivity contribution in [2.75, 3.05) is 6.61 Å². The Balaban J connectivity index is 2.36. The summed E-state index contributed by atoms with van der Waals surface area (Å²) in [6.45, 7) is 4.56. The fourth-order valence-electron chi connectivity index (χ4n) is 1.33. The van der Waals surface area contributed by atoms with Crippen LogP contribution in [0.2, 0.25) is 0 Å². The molecule has 4 nitrogen and oxygen atoms in total. The summed E-state index contributed by atoms with van der Waals surface area (Å²) in [5.74, 6) is 0. The molecule has 0 spiro atoms. The van der Waals surface area contributed by atoms with Crippen molar-refractivity contribution in [2.24, 2.45) is 5.73 Å². The number of ether oxygens (including phenoxy) is 1. The van der Waals surface area contributed by atoms with Crippen molar-refractivity contribution < 1.29 is 9.53 Å². The van der Waals surface area contributed by atoms with E-state index in [1.807, 2.05) is 13.8 Å². The smallest absolute Gasteiger partial charge is 0.312 e. The zero-order chi connectivity index (χ0) is 8.48. The van der Waals surface area contributed by atoms with Gasteiger partial charge in [0.05, 0.1) is 18.2 Å². The summed E-state index contributed by atoms with van der Waals surface area (Å²) in [6, 6.07) is -0.390. The Bertz CT molecular complexity index is 168. The van der Waals surface area contributed by atoms with Crippen LogP contribution in [0, 0.1) is 0 Å². The van der Waals surface area contributed by atoms with Gasteiger partial charge in [0, 0.05) is 0 Å². The van der Waals surface area contributed by atoms with E-state index in [2.05, 4.69) is 5.32 Å². The van der Waals surface area contributed by atoms with Gasteiger partial charge in [-0.25, -0.2) is 4.79 Å². The number of amides is 2. The summed E-state index contributed by atoms with van der Waals surface area (Å²) in [6.07, 6.45) is 0.829. The first-order valence-electron chi connectivity index (χ1n) is 3.69. The number of carbonyl (C=O) groups is 1. The largest absolute Gasteiger partial charge is 0.373 e. The minimum absolute atomic E-state index is 0.0856. The summed E-state index contributed by atoms with van der Waals surface area (Å²) in [5, 5.41) is 2.61. The predicted molar refractivity (Wildman–Crippen MR) is 41.2 cm³/mol. The summed E-state index contributed by atoms with van der Waals surface area (Å²) in [5.41, 5.74) is 4.84. The summed E-state index contributed by atoms with van der Waals surface area (Å²) in [4.78, 5) is 10.4. The van der Waals surface area contributed by atoms with Crippen LogP contribution in [-0.4, -0.2) is 24.3 Å². The van der Waals surface area contributed by atoms with Crippen LogP contribution >= 0.6 is 0 Å². The topological polar surface area (TPSA) is 64.3 Å². The zero-order valence-electron chi connectivity index (χ0n) is 6.89. The number of hydrogen-bond acceptors (Lipinski definition) is 2. The highest BCUT2D eigenvalue weighted by Crippen LogP contribution is 2.23. The molecule has 1 saturated heterocycles. The third kappa shape index (κ3) is 2.38. The van der Waals surface area contributed by atoms with Crippen LogP contribution in [0.5, 0.6) is 0 Å². The van der Waals surface area contributed by atoms with Crippen LogP contribution in [0.1, 0.15) is 20.3 Å². The van der Waals surface area contributed by atoms with Gasteiger partial charge in [-0.05, 0) is 20.3 Å². The minimum atomic E-state index is -0.476. The maximum Gasteiger partial charge on any atom is 0.312 e. The Morgan fingerprint density at radius 2 is 2.36 bits per heavy atom. The monoisotopic (exact) mass is 158 g/mol. The fraction of sp³-hybridized carbons (Fsp3) is 0.857. The van der Waals surface area contributed by atoms with E-state index in [1.54, 1.807) is 0 Å². The third-order valence-corrected chi connectivity index (χ3v) is 1.76. The number of hydrogen-bond donors (Lipinski definition) is 2. The molecule has 4 heteroatoms. The van der Waals surface area contributed by atoms with Crippen LogP contribution in [0.15, 0.2) is 0 Å². The Hall–Kier alpha value is -0.770. The number of nitrogens with two attached hydrogens (primary N) is 1. The number of urea groups is 1. The average molecular weight is 158 g/mol. The lowest BCUT2D eigenvalue weighted by Gasteiger charge is -2.15. The van der Waals surface area contributed by atoms with Crippen LogP contribution in [-0.2, 0) is 4.74 Å². The normalized spacial score (nSPS) is 28.4. The zero-order valence-corrected chi connectivity index (χ0v) is 6.89. The quantitative estimate of drug-likeness (QED) is 0.573. The summed E-state index contributed by atoms with van der Waals surface area (Å²) < 4.78 is 5.38. The molecular formula is C7H14N2O2. The first kappa shape index (κ1) is 8.33. The van der Waals surface area contributed by atoms with Gasteiger partial charge in [0.1, 0.15) is 0 Å². The van der Waals surface area contributed by atoms with E-state index >= 15 is 0 Å². The van der Waals surface area contributed by atoms with Gasteiger partial charge in [0.25, 0.3) is 0 Å². The van der Waals surface area contributed by atoms with Crippen LogP contribution < -0.4 is 11.1 Å². The second kappa shape index (κ2) is 2.70. The lowest BCUT2D eigenvalue weighted by atomic mass is 10.0. The summed E-state index contributed by atoms with van der Waals surface area (Å²) in [7, 11) is 0. The molecule has 0 bridgehead atoms. The molecule has 0 aromatic heterocycles. The van der Waals surface area contributed by atoms with Crippen LogP contribution in [0.3, 0.4) is 0 Å². The molecule has 0 aliphatic carbocycles. The second-order valence-corrected chi connectivity index (χ2v) is 3.48. The van der Waals surface area contributed by atoms with E-state index < -0.39 is 6.03 Å². The number of nitrogens with one attached hydrogen (secondary N) is 1. The maximum absolute atomic E-state index is 10.4. The molecule has 1 rings (SSSR count). The van der Waals surface area contributed by atoms with Crippen molar-refractivity contribution in [2.45, 2.75) is 31.9 Å². The van der Waals surface area contributed by atoms with Crippen molar-refractivity contribution in [1.82, 2.24) is 5.32 Å². The number of rotatable bonds is 1. The van der Waals surface area contributed by atoms with Crippen molar-refractivity contribution in [1.29, 1.82) is 0 Å². The average Bonchev–Trinajstić information content (AvgIpc) is 2.08. The van der Waals surface area contributed by atoms with Crippen LogP contribution in [0.4, 0.5) is 4.79 Å². The van der Waals surface area contributed by atoms with Gasteiger partial charge in [0.15, 0.2) is 0 Å². The SMILES string of the molecule is CC1(C)CC(NC(N)=O)CO1. The molecular weight excluding hydrogens is 144 g/mol. The van der Waals surface area contributed by atoms with Gasteiger partial charge in [-0.1, -0.05) is 0 Å². The van der Waals surface area contributed by atoms with Gasteiger partial charge < -0.3 is 15.8 Å². The molecule has 1 aliphatic rings. The number of carbonyl (C=O) groups excluding carboxylic acids is 1. The van der Waals surface area contributed by atoms with E-state index in [4.69, 9.17) is 10.5 Å². The molecule has 1 unspecified atom stereocenters. The highest BCUT2D eigenvalue weighted by atomic mass is 16.5. The van der Waals surface area contributed by atoms with E-state index in [9.17, 15) is 4.79 Å². The Morgan fingerprint density at radius 1 is 1.73 bits per heavy atom. The lowest BCUT2D eigenvalue weighted by molar-refractivity contribution is 0.0358. The molecule has 64 valence electrons. The first-order chi connectivity index (χ1) is 4.99. The van der Waals surface area contributed by atoms with Crippen molar-refractivity contribution in [3.8, 4) is 0 Å². The molecule has 1 atom stereocenters. The Labute approximate surface area is 66.1 Å². The first-order valence-corrected chi connectivity index (χ1v) is 3.69. The highest BCUT2D eigenvalue weighted by molar-refractivity contribution is 5.72. The number of primary amides is 1. The Morgan fingerprint density at radius 3 is 2.73 bits per heavy atom. The predicted octanol–water partition coefficient (Wildman–Crippen LogP) is 0.222. The van der Waals surface area contributed by atoms with E-state index in [1.165, 1.54) is 0 Å². The third-order valence-electron chi connectivity index (χ3n) is 1.76. The molecule has 0 saturated carbocycles. The molecule has 1 heterocycles. The molecule has 1 aliphatic heterocycles. The Kier molecular flexibility index (Phi) is 2.04. The summed E-state index contributed by atoms with van der Waals surface area (Å²) >= 11 is 0. The van der Waals surface area contributed by atoms with Gasteiger partial charge >= 0.3 is 6.03 Å². The van der Waals surface area contributed by atoms with Gasteiger partial charge in [-0.15, -0.1) is 0 Å². The molecule has 0 radical (unpaired) electrons. The molecule has 11 heavy (non-hydrogen) atoms. The standard InChI is InChI=1S/C7H14N2O2/c1-7(2)3-5(4-11-7)9-6(8)10/h5H,3-4H2,1-2H3,(H3,8,9,10). The van der Waals surface area contributed by atoms with Crippen molar-refractivity contribution in [3.63, 3.8) is 0 Å². The fourth-order valence-corrected chi connectivity index (χ4v) is 1.33. The lowest BCUT2D eigenvalue weighted by Crippen LogP contribution is -2.39. The highest BCUT2D eigenvalue weighted by Gasteiger charge is 2.32. The minimum Gasteiger partial charge on any atom is -0.373 e. The maximum atomic E-state index is 10.4. The molecule has 1 fully saturated rings.